The van der Waals surface area contributed by atoms with Crippen molar-refractivity contribution in [2.75, 3.05) is 0 Å². The summed E-state index contributed by atoms with van der Waals surface area (Å²) < 4.78 is 6.23. The summed E-state index contributed by atoms with van der Waals surface area (Å²) in [5.74, 6) is 1.71. The van der Waals surface area contributed by atoms with Crippen LogP contribution in [0.2, 0.25) is 5.02 Å². The van der Waals surface area contributed by atoms with Gasteiger partial charge in [-0.25, -0.2) is 15.0 Å². The van der Waals surface area contributed by atoms with E-state index >= 15 is 0 Å². The second-order valence-electron chi connectivity index (χ2n) is 11.8. The molecule has 9 aromatic rings. The summed E-state index contributed by atoms with van der Waals surface area (Å²) in [6, 6.07) is 53.3. The van der Waals surface area contributed by atoms with Gasteiger partial charge in [-0.1, -0.05) is 139 Å². The van der Waals surface area contributed by atoms with Gasteiger partial charge in [0.25, 0.3) is 0 Å². The van der Waals surface area contributed by atoms with E-state index in [1.807, 2.05) is 78.9 Å². The summed E-state index contributed by atoms with van der Waals surface area (Å²) in [6.07, 6.45) is 0. The molecule has 0 atom stereocenters. The Morgan fingerprint density at radius 2 is 1.00 bits per heavy atom. The Hall–Kier alpha value is -6.10. The van der Waals surface area contributed by atoms with E-state index in [9.17, 15) is 0 Å². The number of fused-ring (bicyclic) bond motifs is 4. The van der Waals surface area contributed by atoms with Crippen molar-refractivity contribution < 1.29 is 4.42 Å². The first kappa shape index (κ1) is 28.1. The van der Waals surface area contributed by atoms with Crippen molar-refractivity contribution in [2.24, 2.45) is 0 Å². The van der Waals surface area contributed by atoms with Gasteiger partial charge in [0.05, 0.1) is 5.02 Å². The molecule has 0 bridgehead atoms. The molecule has 0 fully saturated rings. The third-order valence-electron chi connectivity index (χ3n) is 8.79. The third kappa shape index (κ3) is 4.91. The normalized spacial score (nSPS) is 11.4. The summed E-state index contributed by atoms with van der Waals surface area (Å²) >= 11 is 7.29. The van der Waals surface area contributed by atoms with E-state index in [2.05, 4.69) is 78.9 Å². The smallest absolute Gasteiger partial charge is 0.164 e. The minimum atomic E-state index is 0.555. The lowest BCUT2D eigenvalue weighted by Crippen LogP contribution is -2.01. The quantitative estimate of drug-likeness (QED) is 0.189. The number of hydrogen-bond donors (Lipinski definition) is 0. The monoisotopic (exact) mass is 635 g/mol. The standard InChI is InChI=1S/C43H26ClN3O/c44-40-35(28-13-3-1-4-14-28)25-32(26-36(40)31-23-22-27-12-7-8-17-30(27)24-31)42-45-41(29-15-5-2-6-16-29)46-43(47-42)34-19-11-21-38-39(34)33-18-9-10-20-37(33)48-38/h1-26H. The maximum Gasteiger partial charge on any atom is 0.164 e. The fourth-order valence-electron chi connectivity index (χ4n) is 6.45. The molecule has 2 heterocycles. The largest absolute Gasteiger partial charge is 0.456 e. The molecular formula is C43H26ClN3O. The van der Waals surface area contributed by atoms with Crippen LogP contribution in [-0.2, 0) is 0 Å². The van der Waals surface area contributed by atoms with Gasteiger partial charge in [-0.3, -0.25) is 0 Å². The molecule has 226 valence electrons. The first-order chi connectivity index (χ1) is 23.7. The van der Waals surface area contributed by atoms with E-state index in [1.165, 1.54) is 5.39 Å². The van der Waals surface area contributed by atoms with Gasteiger partial charge in [-0.15, -0.1) is 0 Å². The summed E-state index contributed by atoms with van der Waals surface area (Å²) in [5, 5.41) is 4.98. The molecule has 0 aliphatic rings. The molecular weight excluding hydrogens is 610 g/mol. The Kier molecular flexibility index (Phi) is 6.81. The van der Waals surface area contributed by atoms with E-state index in [4.69, 9.17) is 31.0 Å². The minimum Gasteiger partial charge on any atom is -0.456 e. The van der Waals surface area contributed by atoms with Gasteiger partial charge in [0.2, 0.25) is 0 Å². The first-order valence-electron chi connectivity index (χ1n) is 15.8. The highest BCUT2D eigenvalue weighted by molar-refractivity contribution is 6.36. The van der Waals surface area contributed by atoms with Gasteiger partial charge in [0.1, 0.15) is 11.2 Å². The summed E-state index contributed by atoms with van der Waals surface area (Å²) in [4.78, 5) is 15.3. The Labute approximate surface area is 282 Å². The van der Waals surface area contributed by atoms with Crippen molar-refractivity contribution in [2.45, 2.75) is 0 Å². The summed E-state index contributed by atoms with van der Waals surface area (Å²) in [6.45, 7) is 0. The van der Waals surface area contributed by atoms with Crippen LogP contribution in [0.1, 0.15) is 0 Å². The zero-order valence-electron chi connectivity index (χ0n) is 25.6. The van der Waals surface area contributed by atoms with Gasteiger partial charge in [-0.05, 0) is 52.2 Å². The highest BCUT2D eigenvalue weighted by Gasteiger charge is 2.20. The van der Waals surface area contributed by atoms with Crippen molar-refractivity contribution in [3.8, 4) is 56.4 Å². The molecule has 0 radical (unpaired) electrons. The molecule has 0 amide bonds. The Bertz CT molecular complexity index is 2630. The van der Waals surface area contributed by atoms with Crippen LogP contribution in [0.3, 0.4) is 0 Å². The van der Waals surface area contributed by atoms with Crippen molar-refractivity contribution in [3.63, 3.8) is 0 Å². The van der Waals surface area contributed by atoms with Crippen molar-refractivity contribution in [1.82, 2.24) is 15.0 Å². The van der Waals surface area contributed by atoms with Crippen molar-refractivity contribution in [1.29, 1.82) is 0 Å². The Morgan fingerprint density at radius 3 is 1.79 bits per heavy atom. The molecule has 0 unspecified atom stereocenters. The Morgan fingerprint density at radius 1 is 0.396 bits per heavy atom. The van der Waals surface area contributed by atoms with Crippen LogP contribution in [-0.4, -0.2) is 15.0 Å². The van der Waals surface area contributed by atoms with Gasteiger partial charge in [-0.2, -0.15) is 0 Å². The summed E-state index contributed by atoms with van der Waals surface area (Å²) in [7, 11) is 0. The van der Waals surface area contributed by atoms with Gasteiger partial charge >= 0.3 is 0 Å². The van der Waals surface area contributed by atoms with Crippen molar-refractivity contribution >= 4 is 44.3 Å². The van der Waals surface area contributed by atoms with Crippen LogP contribution in [0.25, 0.3) is 89.1 Å². The topological polar surface area (TPSA) is 51.8 Å². The highest BCUT2D eigenvalue weighted by Crippen LogP contribution is 2.42. The van der Waals surface area contributed by atoms with Crippen LogP contribution < -0.4 is 0 Å². The molecule has 7 aromatic carbocycles. The summed E-state index contributed by atoms with van der Waals surface area (Å²) in [5.41, 5.74) is 8.07. The van der Waals surface area contributed by atoms with E-state index < -0.39 is 0 Å². The van der Waals surface area contributed by atoms with E-state index in [0.717, 1.165) is 66.3 Å². The molecule has 0 aliphatic carbocycles. The number of para-hydroxylation sites is 1. The van der Waals surface area contributed by atoms with Crippen LogP contribution in [0.5, 0.6) is 0 Å². The number of furan rings is 1. The molecule has 48 heavy (non-hydrogen) atoms. The van der Waals surface area contributed by atoms with Gasteiger partial charge < -0.3 is 4.42 Å². The molecule has 5 heteroatoms. The van der Waals surface area contributed by atoms with Gasteiger partial charge in [0, 0.05) is 38.6 Å². The molecule has 9 rings (SSSR count). The first-order valence-corrected chi connectivity index (χ1v) is 16.2. The number of nitrogens with zero attached hydrogens (tertiary/aromatic N) is 3. The predicted molar refractivity (Wildman–Crippen MR) is 197 cm³/mol. The molecule has 0 saturated carbocycles. The number of hydrogen-bond acceptors (Lipinski definition) is 4. The number of halogens is 1. The fourth-order valence-corrected chi connectivity index (χ4v) is 6.78. The SMILES string of the molecule is Clc1c(-c2ccccc2)cc(-c2nc(-c3ccccc3)nc(-c3cccc4oc5ccccc5c34)n2)cc1-c1ccc2ccccc2c1. The maximum atomic E-state index is 7.29. The number of rotatable bonds is 5. The molecule has 0 aliphatic heterocycles. The molecule has 0 spiro atoms. The third-order valence-corrected chi connectivity index (χ3v) is 9.19. The van der Waals surface area contributed by atoms with Gasteiger partial charge in [0.15, 0.2) is 17.5 Å². The molecule has 2 aromatic heterocycles. The molecule has 0 N–H and O–H groups in total. The second kappa shape index (κ2) is 11.6. The minimum absolute atomic E-state index is 0.555. The average molecular weight is 636 g/mol. The lowest BCUT2D eigenvalue weighted by Gasteiger charge is -2.15. The van der Waals surface area contributed by atoms with E-state index in [0.29, 0.717) is 22.5 Å². The maximum absolute atomic E-state index is 7.29. The average Bonchev–Trinajstić information content (AvgIpc) is 3.54. The zero-order chi connectivity index (χ0) is 32.0. The molecule has 4 nitrogen and oxygen atoms in total. The number of benzene rings is 7. The van der Waals surface area contributed by atoms with Crippen LogP contribution in [0.4, 0.5) is 0 Å². The number of aromatic nitrogens is 3. The van der Waals surface area contributed by atoms with Crippen molar-refractivity contribution in [3.05, 3.63) is 163 Å². The Balaban J connectivity index is 1.32. The lowest BCUT2D eigenvalue weighted by atomic mass is 9.94. The second-order valence-corrected chi connectivity index (χ2v) is 12.1. The fraction of sp³-hybridized carbons (Fsp3) is 0. The predicted octanol–water partition coefficient (Wildman–Crippen LogP) is 11.9. The lowest BCUT2D eigenvalue weighted by molar-refractivity contribution is 0.669. The molecule has 0 saturated heterocycles. The van der Waals surface area contributed by atoms with Crippen LogP contribution in [0, 0.1) is 0 Å². The van der Waals surface area contributed by atoms with E-state index in [1.54, 1.807) is 0 Å². The highest BCUT2D eigenvalue weighted by atomic mass is 35.5. The zero-order valence-corrected chi connectivity index (χ0v) is 26.4. The van der Waals surface area contributed by atoms with Crippen LogP contribution >= 0.6 is 11.6 Å². The van der Waals surface area contributed by atoms with E-state index in [-0.39, 0.29) is 0 Å². The van der Waals surface area contributed by atoms with Crippen LogP contribution in [0.15, 0.2) is 162 Å².